The molecule has 0 radical (unpaired) electrons. The van der Waals surface area contributed by atoms with Crippen LogP contribution in [0, 0.1) is 20.8 Å². The average molecular weight is 304 g/mol. The molecule has 0 bridgehead atoms. The Morgan fingerprint density at radius 3 is 2.29 bits per heavy atom. The topological polar surface area (TPSA) is 21.3 Å². The lowest BCUT2D eigenvalue weighted by Gasteiger charge is -2.22. The molecule has 2 aromatic rings. The lowest BCUT2D eigenvalue weighted by atomic mass is 9.94. The Kier molecular flexibility index (Phi) is 5.27. The molecule has 3 heteroatoms. The lowest BCUT2D eigenvalue weighted by molar-refractivity contribution is 0.272. The lowest BCUT2D eigenvalue weighted by Crippen LogP contribution is -2.25. The molecule has 0 aliphatic rings. The van der Waals surface area contributed by atoms with E-state index in [9.17, 15) is 0 Å². The van der Waals surface area contributed by atoms with E-state index in [0.29, 0.717) is 11.6 Å². The van der Waals surface area contributed by atoms with Gasteiger partial charge >= 0.3 is 0 Å². The van der Waals surface area contributed by atoms with E-state index in [2.05, 4.69) is 38.2 Å². The third-order valence-electron chi connectivity index (χ3n) is 3.68. The summed E-state index contributed by atoms with van der Waals surface area (Å²) in [7, 11) is 1.96. The molecule has 2 aromatic carbocycles. The van der Waals surface area contributed by atoms with Crippen LogP contribution >= 0.6 is 11.6 Å². The van der Waals surface area contributed by atoms with Gasteiger partial charge in [0.2, 0.25) is 0 Å². The number of nitrogens with one attached hydrogen (secondary N) is 1. The Hall–Kier alpha value is -1.51. The van der Waals surface area contributed by atoms with Crippen molar-refractivity contribution in [1.29, 1.82) is 0 Å². The van der Waals surface area contributed by atoms with E-state index in [4.69, 9.17) is 16.3 Å². The predicted molar refractivity (Wildman–Crippen MR) is 89.4 cm³/mol. The largest absolute Gasteiger partial charge is 0.490 e. The number of para-hydroxylation sites is 1. The number of halogens is 1. The first-order chi connectivity index (χ1) is 10.0. The van der Waals surface area contributed by atoms with Crippen LogP contribution in [0.5, 0.6) is 5.75 Å². The third kappa shape index (κ3) is 3.78. The summed E-state index contributed by atoms with van der Waals surface area (Å²) in [6.45, 7) is 6.97. The van der Waals surface area contributed by atoms with E-state index in [1.807, 2.05) is 31.3 Å². The number of rotatable bonds is 5. The number of hydrogen-bond acceptors (Lipinski definition) is 2. The van der Waals surface area contributed by atoms with Gasteiger partial charge in [-0.05, 0) is 56.6 Å². The van der Waals surface area contributed by atoms with Crippen LogP contribution in [0.4, 0.5) is 0 Å². The molecule has 0 heterocycles. The van der Waals surface area contributed by atoms with Gasteiger partial charge in [-0.15, -0.1) is 0 Å². The molecule has 0 spiro atoms. The minimum atomic E-state index is 0.141. The molecule has 0 saturated heterocycles. The van der Waals surface area contributed by atoms with Gasteiger partial charge in [-0.1, -0.05) is 41.4 Å². The second-order valence-electron chi connectivity index (χ2n) is 5.40. The number of benzene rings is 2. The smallest absolute Gasteiger partial charge is 0.137 e. The highest BCUT2D eigenvalue weighted by Crippen LogP contribution is 2.27. The molecular formula is C18H22ClNO. The SMILES string of the molecule is CNC(COc1ccccc1Cl)c1c(C)cc(C)cc1C. The third-order valence-corrected chi connectivity index (χ3v) is 3.99. The van der Waals surface area contributed by atoms with Gasteiger partial charge in [-0.25, -0.2) is 0 Å². The van der Waals surface area contributed by atoms with Crippen LogP contribution in [0.1, 0.15) is 28.3 Å². The van der Waals surface area contributed by atoms with Crippen molar-refractivity contribution >= 4 is 11.6 Å². The average Bonchev–Trinajstić information content (AvgIpc) is 2.43. The van der Waals surface area contributed by atoms with Gasteiger partial charge in [0, 0.05) is 0 Å². The number of ether oxygens (including phenoxy) is 1. The van der Waals surface area contributed by atoms with Crippen molar-refractivity contribution in [3.63, 3.8) is 0 Å². The van der Waals surface area contributed by atoms with Crippen molar-refractivity contribution in [3.8, 4) is 5.75 Å². The summed E-state index contributed by atoms with van der Waals surface area (Å²) < 4.78 is 5.89. The zero-order valence-corrected chi connectivity index (χ0v) is 13.8. The summed E-state index contributed by atoms with van der Waals surface area (Å²) >= 11 is 6.13. The van der Waals surface area contributed by atoms with E-state index in [1.54, 1.807) is 0 Å². The molecule has 1 N–H and O–H groups in total. The van der Waals surface area contributed by atoms with Gasteiger partial charge < -0.3 is 10.1 Å². The second-order valence-corrected chi connectivity index (χ2v) is 5.80. The highest BCUT2D eigenvalue weighted by atomic mass is 35.5. The first kappa shape index (κ1) is 15.9. The normalized spacial score (nSPS) is 12.2. The highest BCUT2D eigenvalue weighted by molar-refractivity contribution is 6.32. The molecule has 0 aromatic heterocycles. The minimum Gasteiger partial charge on any atom is -0.490 e. The standard InChI is InChI=1S/C18H22ClNO/c1-12-9-13(2)18(14(3)10-12)16(20-4)11-21-17-8-6-5-7-15(17)19/h5-10,16,20H,11H2,1-4H3. The molecule has 0 fully saturated rings. The Bertz CT molecular complexity index is 601. The first-order valence-corrected chi connectivity index (χ1v) is 7.53. The van der Waals surface area contributed by atoms with Crippen LogP contribution in [0.2, 0.25) is 5.02 Å². The van der Waals surface area contributed by atoms with E-state index in [-0.39, 0.29) is 6.04 Å². The van der Waals surface area contributed by atoms with Gasteiger partial charge in [0.05, 0.1) is 11.1 Å². The maximum absolute atomic E-state index is 6.13. The van der Waals surface area contributed by atoms with E-state index < -0.39 is 0 Å². The molecular weight excluding hydrogens is 282 g/mol. The second kappa shape index (κ2) is 6.97. The van der Waals surface area contributed by atoms with E-state index in [0.717, 1.165) is 5.75 Å². The predicted octanol–water partition coefficient (Wildman–Crippen LogP) is 4.60. The van der Waals surface area contributed by atoms with Crippen molar-refractivity contribution in [2.45, 2.75) is 26.8 Å². The van der Waals surface area contributed by atoms with Crippen molar-refractivity contribution < 1.29 is 4.74 Å². The minimum absolute atomic E-state index is 0.141. The molecule has 2 rings (SSSR count). The van der Waals surface area contributed by atoms with Crippen molar-refractivity contribution in [1.82, 2.24) is 5.32 Å². The van der Waals surface area contributed by atoms with Crippen LogP contribution in [0.25, 0.3) is 0 Å². The van der Waals surface area contributed by atoms with Gasteiger partial charge in [-0.3, -0.25) is 0 Å². The Morgan fingerprint density at radius 2 is 1.71 bits per heavy atom. The molecule has 0 aliphatic carbocycles. The number of hydrogen-bond donors (Lipinski definition) is 1. The monoisotopic (exact) mass is 303 g/mol. The zero-order valence-electron chi connectivity index (χ0n) is 13.0. The Labute approximate surface area is 132 Å². The number of aryl methyl sites for hydroxylation is 3. The summed E-state index contributed by atoms with van der Waals surface area (Å²) in [5.74, 6) is 0.724. The van der Waals surface area contributed by atoms with Crippen LogP contribution < -0.4 is 10.1 Å². The van der Waals surface area contributed by atoms with Gasteiger partial charge in [0.1, 0.15) is 12.4 Å². The Balaban J connectivity index is 2.20. The fourth-order valence-electron chi connectivity index (χ4n) is 2.79. The van der Waals surface area contributed by atoms with Crippen molar-refractivity contribution in [2.24, 2.45) is 0 Å². The van der Waals surface area contributed by atoms with Crippen LogP contribution in [-0.2, 0) is 0 Å². The van der Waals surface area contributed by atoms with Crippen LogP contribution in [0.3, 0.4) is 0 Å². The molecule has 0 amide bonds. The maximum Gasteiger partial charge on any atom is 0.137 e. The fourth-order valence-corrected chi connectivity index (χ4v) is 2.98. The molecule has 112 valence electrons. The highest BCUT2D eigenvalue weighted by Gasteiger charge is 2.16. The molecule has 21 heavy (non-hydrogen) atoms. The van der Waals surface area contributed by atoms with Gasteiger partial charge in [0.15, 0.2) is 0 Å². The first-order valence-electron chi connectivity index (χ1n) is 7.15. The summed E-state index contributed by atoms with van der Waals surface area (Å²) in [5, 5.41) is 3.98. The molecule has 0 aliphatic heterocycles. The van der Waals surface area contributed by atoms with E-state index >= 15 is 0 Å². The van der Waals surface area contributed by atoms with Gasteiger partial charge in [-0.2, -0.15) is 0 Å². The summed E-state index contributed by atoms with van der Waals surface area (Å²) in [6, 6.07) is 12.1. The number of likely N-dealkylation sites (N-methyl/N-ethyl adjacent to an activating group) is 1. The van der Waals surface area contributed by atoms with Crippen LogP contribution in [-0.4, -0.2) is 13.7 Å². The van der Waals surface area contributed by atoms with Gasteiger partial charge in [0.25, 0.3) is 0 Å². The summed E-state index contributed by atoms with van der Waals surface area (Å²) in [4.78, 5) is 0. The van der Waals surface area contributed by atoms with Crippen molar-refractivity contribution in [2.75, 3.05) is 13.7 Å². The molecule has 2 nitrogen and oxygen atoms in total. The summed E-state index contributed by atoms with van der Waals surface area (Å²) in [5.41, 5.74) is 5.16. The zero-order chi connectivity index (χ0) is 15.4. The van der Waals surface area contributed by atoms with Crippen molar-refractivity contribution in [3.05, 3.63) is 63.7 Å². The van der Waals surface area contributed by atoms with Crippen LogP contribution in [0.15, 0.2) is 36.4 Å². The maximum atomic E-state index is 6.13. The quantitative estimate of drug-likeness (QED) is 0.871. The molecule has 0 saturated carbocycles. The molecule has 1 atom stereocenters. The summed E-state index contributed by atoms with van der Waals surface area (Å²) in [6.07, 6.45) is 0. The Morgan fingerprint density at radius 1 is 1.10 bits per heavy atom. The van der Waals surface area contributed by atoms with E-state index in [1.165, 1.54) is 22.3 Å². The fraction of sp³-hybridized carbons (Fsp3) is 0.333. The molecule has 1 unspecified atom stereocenters.